The Balaban J connectivity index is 1.84. The molecule has 1 amide bonds. The minimum Gasteiger partial charge on any atom is -0.327 e. The molecule has 0 fully saturated rings. The van der Waals surface area contributed by atoms with Gasteiger partial charge in [0.2, 0.25) is 0 Å². The van der Waals surface area contributed by atoms with Gasteiger partial charge in [0, 0.05) is 21.9 Å². The lowest BCUT2D eigenvalue weighted by molar-refractivity contribution is 0.101. The van der Waals surface area contributed by atoms with Crippen molar-refractivity contribution in [3.05, 3.63) is 79.7 Å². The highest BCUT2D eigenvalue weighted by atomic mass is 127. The van der Waals surface area contributed by atoms with Gasteiger partial charge in [-0.05, 0) is 51.8 Å². The number of fused-ring (bicyclic) bond motifs is 2. The molecule has 4 nitrogen and oxygen atoms in total. The summed E-state index contributed by atoms with van der Waals surface area (Å²) in [6.07, 6.45) is 6.02. The second-order valence-electron chi connectivity index (χ2n) is 5.32. The van der Waals surface area contributed by atoms with Crippen molar-refractivity contribution in [1.29, 1.82) is 0 Å². The Morgan fingerprint density at radius 3 is 2.92 bits per heavy atom. The first-order valence-corrected chi connectivity index (χ1v) is 9.32. The molecule has 1 aromatic carbocycles. The largest absolute Gasteiger partial charge is 0.327 e. The first-order chi connectivity index (χ1) is 11.7. The van der Waals surface area contributed by atoms with E-state index in [-0.39, 0.29) is 5.91 Å². The van der Waals surface area contributed by atoms with Gasteiger partial charge in [0.05, 0.1) is 4.88 Å². The molecular weight excluding hydrogens is 433 g/mol. The molecular formula is C18H12IN3OS. The predicted octanol–water partition coefficient (Wildman–Crippen LogP) is 4.40. The fourth-order valence-corrected chi connectivity index (χ4v) is 3.72. The molecule has 0 saturated heterocycles. The molecule has 118 valence electrons. The minimum absolute atomic E-state index is 0.252. The Hall–Kier alpha value is -2.06. The van der Waals surface area contributed by atoms with Crippen LogP contribution in [0.25, 0.3) is 0 Å². The average Bonchev–Trinajstić information content (AvgIpc) is 3.07. The topological polar surface area (TPSA) is 45.0 Å². The van der Waals surface area contributed by atoms with E-state index in [1.807, 2.05) is 41.8 Å². The monoisotopic (exact) mass is 445 g/mol. The first kappa shape index (κ1) is 15.5. The van der Waals surface area contributed by atoms with Crippen molar-refractivity contribution < 1.29 is 4.79 Å². The molecule has 0 unspecified atom stereocenters. The summed E-state index contributed by atoms with van der Waals surface area (Å²) < 4.78 is 1.14. The summed E-state index contributed by atoms with van der Waals surface area (Å²) in [5, 5.41) is 1.87. The number of allylic oxidation sites excluding steroid dienone is 2. The standard InChI is InChI=1S/C18H12IN3OS/c19-13-7-8-16-20-17(21-18(23)15-6-3-9-24-15)14-5-2-1-4-12(14)10-22(16)11-13/h1-9,11H,10H2. The molecule has 0 spiro atoms. The lowest BCUT2D eigenvalue weighted by Crippen LogP contribution is -2.24. The lowest BCUT2D eigenvalue weighted by atomic mass is 10.1. The molecule has 0 saturated carbocycles. The normalized spacial score (nSPS) is 17.7. The number of rotatable bonds is 1. The molecule has 4 rings (SSSR count). The van der Waals surface area contributed by atoms with Crippen LogP contribution in [-0.4, -0.2) is 22.5 Å². The summed E-state index contributed by atoms with van der Waals surface area (Å²) in [6, 6.07) is 11.6. The molecule has 2 aliphatic heterocycles. The first-order valence-electron chi connectivity index (χ1n) is 7.36. The third-order valence-corrected chi connectivity index (χ3v) is 5.22. The van der Waals surface area contributed by atoms with Gasteiger partial charge in [-0.1, -0.05) is 30.3 Å². The van der Waals surface area contributed by atoms with E-state index in [1.165, 1.54) is 11.3 Å². The van der Waals surface area contributed by atoms with Crippen LogP contribution in [0.3, 0.4) is 0 Å². The number of carbonyl (C=O) groups is 1. The van der Waals surface area contributed by atoms with Crippen molar-refractivity contribution in [3.63, 3.8) is 0 Å². The van der Waals surface area contributed by atoms with E-state index < -0.39 is 0 Å². The maximum atomic E-state index is 12.4. The highest BCUT2D eigenvalue weighted by molar-refractivity contribution is 14.1. The predicted molar refractivity (Wildman–Crippen MR) is 106 cm³/mol. The molecule has 2 aliphatic rings. The maximum Gasteiger partial charge on any atom is 0.289 e. The average molecular weight is 445 g/mol. The van der Waals surface area contributed by atoms with Crippen molar-refractivity contribution in [2.75, 3.05) is 0 Å². The summed E-state index contributed by atoms with van der Waals surface area (Å²) >= 11 is 3.67. The van der Waals surface area contributed by atoms with Gasteiger partial charge >= 0.3 is 0 Å². The fourth-order valence-electron chi connectivity index (χ4n) is 2.60. The van der Waals surface area contributed by atoms with Crippen molar-refractivity contribution in [1.82, 2.24) is 4.90 Å². The minimum atomic E-state index is -0.252. The van der Waals surface area contributed by atoms with E-state index in [0.29, 0.717) is 17.3 Å². The van der Waals surface area contributed by atoms with Crippen LogP contribution in [0.1, 0.15) is 20.8 Å². The van der Waals surface area contributed by atoms with E-state index in [0.717, 1.165) is 20.5 Å². The van der Waals surface area contributed by atoms with Crippen LogP contribution in [0.4, 0.5) is 0 Å². The van der Waals surface area contributed by atoms with Gasteiger partial charge in [-0.3, -0.25) is 4.79 Å². The van der Waals surface area contributed by atoms with E-state index in [4.69, 9.17) is 0 Å². The number of hydrogen-bond acceptors (Lipinski definition) is 3. The van der Waals surface area contributed by atoms with E-state index >= 15 is 0 Å². The summed E-state index contributed by atoms with van der Waals surface area (Å²) in [7, 11) is 0. The number of amidine groups is 2. The number of amides is 1. The Bertz CT molecular complexity index is 926. The van der Waals surface area contributed by atoms with E-state index in [9.17, 15) is 4.79 Å². The highest BCUT2D eigenvalue weighted by Crippen LogP contribution is 2.24. The molecule has 24 heavy (non-hydrogen) atoms. The molecule has 0 aliphatic carbocycles. The number of carbonyl (C=O) groups excluding carboxylic acids is 1. The second-order valence-corrected chi connectivity index (χ2v) is 7.51. The highest BCUT2D eigenvalue weighted by Gasteiger charge is 2.21. The van der Waals surface area contributed by atoms with Crippen molar-refractivity contribution >= 4 is 51.5 Å². The Morgan fingerprint density at radius 2 is 2.08 bits per heavy atom. The third-order valence-electron chi connectivity index (χ3n) is 3.72. The Morgan fingerprint density at radius 1 is 1.21 bits per heavy atom. The lowest BCUT2D eigenvalue weighted by Gasteiger charge is -2.21. The molecule has 6 heteroatoms. The number of nitrogens with zero attached hydrogens (tertiary/aromatic N) is 3. The van der Waals surface area contributed by atoms with Crippen LogP contribution in [0.2, 0.25) is 0 Å². The SMILES string of the molecule is O=C(N=C1N=C2C=CC(I)=CN2Cc2ccccc21)c1cccs1. The fraction of sp³-hybridized carbons (Fsp3) is 0.0556. The van der Waals surface area contributed by atoms with Gasteiger partial charge in [0.1, 0.15) is 5.84 Å². The molecule has 0 atom stereocenters. The van der Waals surface area contributed by atoms with Crippen LogP contribution in [0, 0.1) is 0 Å². The number of aliphatic imine (C=N–C) groups is 2. The van der Waals surface area contributed by atoms with Crippen LogP contribution >= 0.6 is 33.9 Å². The van der Waals surface area contributed by atoms with Gasteiger partial charge in [0.25, 0.3) is 5.91 Å². The second kappa shape index (κ2) is 6.45. The number of hydrogen-bond donors (Lipinski definition) is 0. The van der Waals surface area contributed by atoms with Crippen LogP contribution in [0.15, 0.2) is 73.7 Å². The number of benzene rings is 1. The summed E-state index contributed by atoms with van der Waals surface area (Å²) in [5.41, 5.74) is 2.01. The summed E-state index contributed by atoms with van der Waals surface area (Å²) in [4.78, 5) is 24.1. The van der Waals surface area contributed by atoms with Gasteiger partial charge in [-0.15, -0.1) is 11.3 Å². The van der Waals surface area contributed by atoms with Gasteiger partial charge in [-0.25, -0.2) is 4.99 Å². The van der Waals surface area contributed by atoms with E-state index in [1.54, 1.807) is 6.07 Å². The number of thiophene rings is 1. The zero-order valence-corrected chi connectivity index (χ0v) is 15.5. The van der Waals surface area contributed by atoms with Crippen LogP contribution in [0.5, 0.6) is 0 Å². The van der Waals surface area contributed by atoms with Crippen LogP contribution in [-0.2, 0) is 6.54 Å². The summed E-state index contributed by atoms with van der Waals surface area (Å²) in [5.74, 6) is 1.01. The third kappa shape index (κ3) is 2.99. The Kier molecular flexibility index (Phi) is 4.15. The van der Waals surface area contributed by atoms with Crippen molar-refractivity contribution in [2.45, 2.75) is 6.54 Å². The Labute approximate surface area is 157 Å². The van der Waals surface area contributed by atoms with Crippen LogP contribution < -0.4 is 0 Å². The zero-order chi connectivity index (χ0) is 16.5. The molecule has 0 N–H and O–H groups in total. The molecule has 0 radical (unpaired) electrons. The smallest absolute Gasteiger partial charge is 0.289 e. The number of halogens is 1. The molecule has 3 heterocycles. The molecule has 1 aromatic heterocycles. The van der Waals surface area contributed by atoms with Crippen molar-refractivity contribution in [3.8, 4) is 0 Å². The molecule has 0 bridgehead atoms. The quantitative estimate of drug-likeness (QED) is 0.612. The van der Waals surface area contributed by atoms with Crippen molar-refractivity contribution in [2.24, 2.45) is 9.98 Å². The van der Waals surface area contributed by atoms with Gasteiger partial charge < -0.3 is 4.90 Å². The maximum absolute atomic E-state index is 12.4. The molecule has 2 aromatic rings. The van der Waals surface area contributed by atoms with Gasteiger partial charge in [0.15, 0.2) is 5.84 Å². The van der Waals surface area contributed by atoms with Gasteiger partial charge in [-0.2, -0.15) is 4.99 Å². The zero-order valence-electron chi connectivity index (χ0n) is 12.5. The van der Waals surface area contributed by atoms with E-state index in [2.05, 4.69) is 49.7 Å². The summed E-state index contributed by atoms with van der Waals surface area (Å²) in [6.45, 7) is 0.706.